The second kappa shape index (κ2) is 15.3. The summed E-state index contributed by atoms with van der Waals surface area (Å²) in [6.07, 6.45) is 0. The van der Waals surface area contributed by atoms with Crippen LogP contribution in [-0.4, -0.2) is 0 Å². The zero-order valence-corrected chi connectivity index (χ0v) is 41.5. The van der Waals surface area contributed by atoms with E-state index in [2.05, 4.69) is 279 Å². The standard InChI is InChI=1S/C75H46O/c1-7-23-61-53(17-1)54-18-2-8-24-62(54)73(61,51-39-33-47(34-40-51)49-38-44-67-60(45-49)58-22-6-12-28-66(58)74(67)63-25-9-3-19-55(63)56-20-4-10-26-64(56)74)52-41-35-48(36-42-52)50-37-43-59-57-21-5-11-27-65(57)75(70(59)46-50)68-29-13-15-31-71(68)76-72-32-16-14-30-69(72)75/h1-46H. The van der Waals surface area contributed by atoms with Crippen LogP contribution < -0.4 is 4.74 Å². The van der Waals surface area contributed by atoms with Crippen molar-refractivity contribution in [3.05, 3.63) is 346 Å². The van der Waals surface area contributed by atoms with Crippen LogP contribution in [0.15, 0.2) is 279 Å². The molecule has 0 saturated carbocycles. The molecule has 1 heteroatoms. The van der Waals surface area contributed by atoms with Gasteiger partial charge in [0.1, 0.15) is 11.5 Å². The molecular weight excluding hydrogens is 917 g/mol. The number of ether oxygens (including phenoxy) is 1. The average Bonchev–Trinajstić information content (AvgIpc) is 4.29. The Labute approximate surface area is 442 Å². The van der Waals surface area contributed by atoms with Gasteiger partial charge in [-0.15, -0.1) is 0 Å². The summed E-state index contributed by atoms with van der Waals surface area (Å²) in [5, 5.41) is 0. The Balaban J connectivity index is 0.799. The molecule has 12 aromatic rings. The van der Waals surface area contributed by atoms with Crippen LogP contribution in [0, 0.1) is 0 Å². The first kappa shape index (κ1) is 41.9. The Kier molecular flexibility index (Phi) is 8.41. The van der Waals surface area contributed by atoms with E-state index in [-0.39, 0.29) is 5.41 Å². The zero-order valence-electron chi connectivity index (χ0n) is 41.5. The van der Waals surface area contributed by atoms with Crippen LogP contribution in [-0.2, 0) is 16.2 Å². The Hall–Kier alpha value is -9.56. The quantitative estimate of drug-likeness (QED) is 0.171. The maximum atomic E-state index is 6.66. The number of rotatable bonds is 4. The van der Waals surface area contributed by atoms with Crippen molar-refractivity contribution >= 4 is 0 Å². The maximum Gasteiger partial charge on any atom is 0.132 e. The van der Waals surface area contributed by atoms with Gasteiger partial charge in [-0.25, -0.2) is 0 Å². The van der Waals surface area contributed by atoms with Crippen LogP contribution in [0.1, 0.15) is 66.8 Å². The molecule has 12 aromatic carbocycles. The molecule has 17 rings (SSSR count). The van der Waals surface area contributed by atoms with Gasteiger partial charge >= 0.3 is 0 Å². The number of fused-ring (bicyclic) bond motifs is 22. The Morgan fingerprint density at radius 2 is 0.474 bits per heavy atom. The minimum Gasteiger partial charge on any atom is -0.457 e. The summed E-state index contributed by atoms with van der Waals surface area (Å²) in [5.41, 5.74) is 29.3. The highest BCUT2D eigenvalue weighted by Gasteiger charge is 2.53. The summed E-state index contributed by atoms with van der Waals surface area (Å²) in [5.74, 6) is 1.81. The van der Waals surface area contributed by atoms with Crippen LogP contribution in [0.3, 0.4) is 0 Å². The topological polar surface area (TPSA) is 9.23 Å². The van der Waals surface area contributed by atoms with Gasteiger partial charge in [-0.1, -0.05) is 255 Å². The molecule has 0 radical (unpaired) electrons. The predicted molar refractivity (Wildman–Crippen MR) is 308 cm³/mol. The average molecular weight is 963 g/mol. The molecule has 0 atom stereocenters. The molecule has 5 aliphatic rings. The number of benzene rings is 12. The lowest BCUT2D eigenvalue weighted by Crippen LogP contribution is -2.32. The first-order valence-electron chi connectivity index (χ1n) is 26.6. The van der Waals surface area contributed by atoms with E-state index in [0.29, 0.717) is 0 Å². The van der Waals surface area contributed by atoms with Gasteiger partial charge in [-0.2, -0.15) is 0 Å². The van der Waals surface area contributed by atoms with Crippen molar-refractivity contribution in [3.63, 3.8) is 0 Å². The molecule has 0 saturated heterocycles. The van der Waals surface area contributed by atoms with Gasteiger partial charge in [0.25, 0.3) is 0 Å². The van der Waals surface area contributed by atoms with Gasteiger partial charge in [-0.3, -0.25) is 0 Å². The molecule has 0 bridgehead atoms. The maximum absolute atomic E-state index is 6.66. The summed E-state index contributed by atoms with van der Waals surface area (Å²) >= 11 is 0. The second-order valence-corrected chi connectivity index (χ2v) is 21.3. The monoisotopic (exact) mass is 962 g/mol. The van der Waals surface area contributed by atoms with Gasteiger partial charge < -0.3 is 4.74 Å². The fourth-order valence-electron chi connectivity index (χ4n) is 15.2. The summed E-state index contributed by atoms with van der Waals surface area (Å²) in [7, 11) is 0. The highest BCUT2D eigenvalue weighted by atomic mass is 16.5. The van der Waals surface area contributed by atoms with Crippen molar-refractivity contribution in [1.82, 2.24) is 0 Å². The normalized spacial score (nSPS) is 15.0. The lowest BCUT2D eigenvalue weighted by molar-refractivity contribution is 0.436. The lowest BCUT2D eigenvalue weighted by Gasteiger charge is -2.39. The smallest absolute Gasteiger partial charge is 0.132 e. The van der Waals surface area contributed by atoms with Gasteiger partial charge in [-0.05, 0) is 147 Å². The van der Waals surface area contributed by atoms with E-state index in [9.17, 15) is 0 Å². The fraction of sp³-hybridized carbons (Fsp3) is 0.0400. The van der Waals surface area contributed by atoms with E-state index in [0.717, 1.165) is 11.5 Å². The molecule has 4 aliphatic carbocycles. The van der Waals surface area contributed by atoms with Gasteiger partial charge in [0.15, 0.2) is 0 Å². The van der Waals surface area contributed by atoms with Crippen molar-refractivity contribution < 1.29 is 4.74 Å². The van der Waals surface area contributed by atoms with E-state index in [1.54, 1.807) is 0 Å². The van der Waals surface area contributed by atoms with Crippen LogP contribution in [0.4, 0.5) is 0 Å². The van der Waals surface area contributed by atoms with E-state index >= 15 is 0 Å². The summed E-state index contributed by atoms with van der Waals surface area (Å²) < 4.78 is 6.66. The molecule has 0 N–H and O–H groups in total. The Morgan fingerprint density at radius 3 is 0.908 bits per heavy atom. The van der Waals surface area contributed by atoms with Crippen LogP contribution in [0.25, 0.3) is 66.8 Å². The van der Waals surface area contributed by atoms with Crippen LogP contribution >= 0.6 is 0 Å². The highest BCUT2D eigenvalue weighted by Crippen LogP contribution is 2.65. The molecule has 1 aliphatic heterocycles. The molecule has 352 valence electrons. The van der Waals surface area contributed by atoms with Gasteiger partial charge in [0.2, 0.25) is 0 Å². The van der Waals surface area contributed by atoms with Gasteiger partial charge in [0.05, 0.1) is 16.2 Å². The zero-order chi connectivity index (χ0) is 49.7. The van der Waals surface area contributed by atoms with Crippen LogP contribution in [0.2, 0.25) is 0 Å². The first-order chi connectivity index (χ1) is 37.7. The van der Waals surface area contributed by atoms with E-state index in [1.807, 2.05) is 0 Å². The Morgan fingerprint density at radius 1 is 0.184 bits per heavy atom. The third-order valence-corrected chi connectivity index (χ3v) is 18.1. The first-order valence-corrected chi connectivity index (χ1v) is 26.6. The fourth-order valence-corrected chi connectivity index (χ4v) is 15.2. The molecule has 0 fully saturated rings. The van der Waals surface area contributed by atoms with Gasteiger partial charge in [0, 0.05) is 11.1 Å². The molecule has 0 amide bonds. The summed E-state index contributed by atoms with van der Waals surface area (Å²) in [6, 6.07) is 105. The molecule has 1 nitrogen and oxygen atoms in total. The number of para-hydroxylation sites is 2. The minimum atomic E-state index is -0.546. The molecular formula is C75H46O. The number of hydrogen-bond acceptors (Lipinski definition) is 1. The van der Waals surface area contributed by atoms with Crippen molar-refractivity contribution in [2.45, 2.75) is 16.2 Å². The van der Waals surface area contributed by atoms with Crippen molar-refractivity contribution in [3.8, 4) is 78.3 Å². The molecule has 2 spiro atoms. The van der Waals surface area contributed by atoms with Crippen molar-refractivity contribution in [1.29, 1.82) is 0 Å². The molecule has 1 heterocycles. The molecule has 76 heavy (non-hydrogen) atoms. The van der Waals surface area contributed by atoms with E-state index in [1.165, 1.54) is 134 Å². The third kappa shape index (κ3) is 5.15. The van der Waals surface area contributed by atoms with Crippen LogP contribution in [0.5, 0.6) is 11.5 Å². The second-order valence-electron chi connectivity index (χ2n) is 21.3. The lowest BCUT2D eigenvalue weighted by atomic mass is 9.66. The minimum absolute atomic E-state index is 0.357. The summed E-state index contributed by atoms with van der Waals surface area (Å²) in [4.78, 5) is 0. The third-order valence-electron chi connectivity index (χ3n) is 18.1. The molecule has 0 aromatic heterocycles. The summed E-state index contributed by atoms with van der Waals surface area (Å²) in [6.45, 7) is 0. The SMILES string of the molecule is c1ccc2c(c1)Oc1ccccc1C21c2ccccc2-c2ccc(-c3ccc(C4(c5ccc(-c6ccc7c(c6)-c6ccccc6C76c7ccccc7-c7ccccc76)cc5)c5ccccc5-c5ccccc54)cc3)cc21. The Bertz CT molecular complexity index is 4300. The largest absolute Gasteiger partial charge is 0.457 e. The molecule has 0 unspecified atom stereocenters. The van der Waals surface area contributed by atoms with Crippen molar-refractivity contribution in [2.75, 3.05) is 0 Å². The predicted octanol–water partition coefficient (Wildman–Crippen LogP) is 18.2. The van der Waals surface area contributed by atoms with E-state index in [4.69, 9.17) is 4.74 Å². The van der Waals surface area contributed by atoms with Crippen molar-refractivity contribution in [2.24, 2.45) is 0 Å². The highest BCUT2D eigenvalue weighted by molar-refractivity contribution is 5.97. The van der Waals surface area contributed by atoms with E-state index < -0.39 is 10.8 Å². The number of hydrogen-bond donors (Lipinski definition) is 0.